The molecule has 7 heteroatoms. The number of anilines is 1. The highest BCUT2D eigenvalue weighted by molar-refractivity contribution is 5.25. The molecule has 17 heavy (non-hydrogen) atoms. The van der Waals surface area contributed by atoms with E-state index in [2.05, 4.69) is 34.2 Å². The summed E-state index contributed by atoms with van der Waals surface area (Å²) in [6.07, 6.45) is 2.23. The number of nitrogens with one attached hydrogen (secondary N) is 1. The summed E-state index contributed by atoms with van der Waals surface area (Å²) in [6.45, 7) is 4.81. The predicted molar refractivity (Wildman–Crippen MR) is 63.8 cm³/mol. The molecule has 1 aromatic heterocycles. The van der Waals surface area contributed by atoms with Crippen LogP contribution >= 0.6 is 0 Å². The molecule has 96 valence electrons. The van der Waals surface area contributed by atoms with Crippen LogP contribution in [0.3, 0.4) is 0 Å². The number of nitrogens with zero attached hydrogens (tertiary/aromatic N) is 3. The molecule has 0 aliphatic rings. The maximum Gasteiger partial charge on any atom is 0.324 e. The maximum absolute atomic E-state index is 5.47. The third kappa shape index (κ3) is 4.39. The van der Waals surface area contributed by atoms with Gasteiger partial charge in [0, 0.05) is 0 Å². The largest absolute Gasteiger partial charge is 0.467 e. The summed E-state index contributed by atoms with van der Waals surface area (Å²) < 4.78 is 10.4. The van der Waals surface area contributed by atoms with Crippen molar-refractivity contribution >= 4 is 5.95 Å². The van der Waals surface area contributed by atoms with E-state index in [9.17, 15) is 0 Å². The Morgan fingerprint density at radius 1 is 1.29 bits per heavy atom. The van der Waals surface area contributed by atoms with E-state index in [1.165, 1.54) is 7.11 Å². The summed E-state index contributed by atoms with van der Waals surface area (Å²) in [7, 11) is 1.47. The highest BCUT2D eigenvalue weighted by Gasteiger charge is 2.08. The van der Waals surface area contributed by atoms with Crippen LogP contribution in [0.1, 0.15) is 26.7 Å². The van der Waals surface area contributed by atoms with Crippen molar-refractivity contribution in [1.82, 2.24) is 15.0 Å². The van der Waals surface area contributed by atoms with Gasteiger partial charge in [0.15, 0.2) is 0 Å². The van der Waals surface area contributed by atoms with Crippen molar-refractivity contribution < 1.29 is 9.47 Å². The molecule has 0 aromatic carbocycles. The zero-order valence-electron chi connectivity index (χ0n) is 10.4. The molecule has 0 aliphatic heterocycles. The molecule has 0 spiro atoms. The van der Waals surface area contributed by atoms with E-state index >= 15 is 0 Å². The summed E-state index contributed by atoms with van der Waals surface area (Å²) in [5.74, 6) is 5.91. The summed E-state index contributed by atoms with van der Waals surface area (Å²) in [5.41, 5.74) is 2.33. The van der Waals surface area contributed by atoms with Gasteiger partial charge in [-0.2, -0.15) is 9.97 Å². The lowest BCUT2D eigenvalue weighted by atomic mass is 10.1. The van der Waals surface area contributed by atoms with Gasteiger partial charge in [-0.15, -0.1) is 4.98 Å². The second kappa shape index (κ2) is 6.85. The molecule has 1 rings (SSSR count). The number of hydrogen-bond acceptors (Lipinski definition) is 7. The van der Waals surface area contributed by atoms with E-state index < -0.39 is 0 Å². The van der Waals surface area contributed by atoms with Crippen LogP contribution in [-0.2, 0) is 0 Å². The number of rotatable bonds is 7. The van der Waals surface area contributed by atoms with E-state index in [1.807, 2.05) is 0 Å². The molecule has 1 aromatic rings. The zero-order chi connectivity index (χ0) is 12.7. The van der Waals surface area contributed by atoms with Gasteiger partial charge in [-0.25, -0.2) is 5.84 Å². The first-order chi connectivity index (χ1) is 8.19. The molecule has 0 aliphatic carbocycles. The Morgan fingerprint density at radius 3 is 2.59 bits per heavy atom. The van der Waals surface area contributed by atoms with Crippen LogP contribution in [0.15, 0.2) is 0 Å². The Morgan fingerprint density at radius 2 is 2.00 bits per heavy atom. The fourth-order valence-electron chi connectivity index (χ4n) is 1.35. The van der Waals surface area contributed by atoms with Crippen molar-refractivity contribution in [3.8, 4) is 12.0 Å². The number of aromatic nitrogens is 3. The van der Waals surface area contributed by atoms with Gasteiger partial charge >= 0.3 is 12.0 Å². The lowest BCUT2D eigenvalue weighted by Gasteiger charge is -2.11. The summed E-state index contributed by atoms with van der Waals surface area (Å²) in [5, 5.41) is 0. The van der Waals surface area contributed by atoms with Crippen LogP contribution in [0.25, 0.3) is 0 Å². The van der Waals surface area contributed by atoms with Gasteiger partial charge in [0.25, 0.3) is 0 Å². The average Bonchev–Trinajstić information content (AvgIpc) is 2.36. The van der Waals surface area contributed by atoms with Gasteiger partial charge in [-0.3, -0.25) is 5.43 Å². The van der Waals surface area contributed by atoms with Crippen molar-refractivity contribution in [2.75, 3.05) is 19.1 Å². The predicted octanol–water partition coefficient (Wildman–Crippen LogP) is 0.981. The van der Waals surface area contributed by atoms with Crippen molar-refractivity contribution in [3.05, 3.63) is 0 Å². The van der Waals surface area contributed by atoms with Crippen molar-refractivity contribution in [1.29, 1.82) is 0 Å². The Hall–Kier alpha value is -1.63. The molecular formula is C10H19N5O2. The monoisotopic (exact) mass is 241 g/mol. The van der Waals surface area contributed by atoms with E-state index in [0.29, 0.717) is 12.5 Å². The van der Waals surface area contributed by atoms with Gasteiger partial charge in [-0.05, 0) is 12.3 Å². The van der Waals surface area contributed by atoms with Gasteiger partial charge in [0.2, 0.25) is 5.95 Å². The average molecular weight is 241 g/mol. The van der Waals surface area contributed by atoms with E-state index in [0.717, 1.165) is 12.8 Å². The standard InChI is InChI=1S/C10H19N5O2/c1-4-5-7(2)6-17-10-13-8(15-11)12-9(14-10)16-3/h7H,4-6,11H2,1-3H3,(H,12,13,14,15). The molecule has 1 heterocycles. The van der Waals surface area contributed by atoms with E-state index in [1.54, 1.807) is 0 Å². The number of nitrogens with two attached hydrogens (primary N) is 1. The first-order valence-corrected chi connectivity index (χ1v) is 5.59. The van der Waals surface area contributed by atoms with Crippen LogP contribution < -0.4 is 20.7 Å². The molecule has 0 saturated heterocycles. The Balaban J connectivity index is 2.63. The molecule has 0 fully saturated rings. The second-order valence-corrected chi connectivity index (χ2v) is 3.78. The normalized spacial score (nSPS) is 12.0. The molecule has 3 N–H and O–H groups in total. The van der Waals surface area contributed by atoms with Crippen LogP contribution in [0.2, 0.25) is 0 Å². The topological polar surface area (TPSA) is 95.2 Å². The Labute approximate surface area is 101 Å². The first kappa shape index (κ1) is 13.4. The highest BCUT2D eigenvalue weighted by Crippen LogP contribution is 2.13. The lowest BCUT2D eigenvalue weighted by Crippen LogP contribution is -2.15. The molecule has 0 amide bonds. The lowest BCUT2D eigenvalue weighted by molar-refractivity contribution is 0.229. The number of hydrazine groups is 1. The van der Waals surface area contributed by atoms with Gasteiger partial charge in [-0.1, -0.05) is 20.3 Å². The number of hydrogen-bond donors (Lipinski definition) is 2. The van der Waals surface area contributed by atoms with Crippen LogP contribution in [0.5, 0.6) is 12.0 Å². The molecule has 1 atom stereocenters. The minimum absolute atomic E-state index is 0.172. The number of ether oxygens (including phenoxy) is 2. The third-order valence-corrected chi connectivity index (χ3v) is 2.18. The molecule has 0 bridgehead atoms. The smallest absolute Gasteiger partial charge is 0.324 e. The Bertz CT molecular complexity index is 325. The summed E-state index contributed by atoms with van der Waals surface area (Å²) in [6, 6.07) is 0.388. The fraction of sp³-hybridized carbons (Fsp3) is 0.700. The first-order valence-electron chi connectivity index (χ1n) is 5.59. The number of nitrogen functional groups attached to an aromatic ring is 1. The van der Waals surface area contributed by atoms with E-state index in [-0.39, 0.29) is 18.0 Å². The fourth-order valence-corrected chi connectivity index (χ4v) is 1.35. The molecule has 0 saturated carbocycles. The number of methoxy groups -OCH3 is 1. The van der Waals surface area contributed by atoms with Crippen LogP contribution in [0.4, 0.5) is 5.95 Å². The van der Waals surface area contributed by atoms with Gasteiger partial charge < -0.3 is 9.47 Å². The zero-order valence-corrected chi connectivity index (χ0v) is 10.4. The molecule has 1 unspecified atom stereocenters. The SMILES string of the molecule is CCCC(C)COc1nc(NN)nc(OC)n1. The Kier molecular flexibility index (Phi) is 5.41. The second-order valence-electron chi connectivity index (χ2n) is 3.78. The van der Waals surface area contributed by atoms with Crippen LogP contribution in [0, 0.1) is 5.92 Å². The van der Waals surface area contributed by atoms with Gasteiger partial charge in [0.1, 0.15) is 0 Å². The minimum Gasteiger partial charge on any atom is -0.467 e. The molecule has 7 nitrogen and oxygen atoms in total. The molecular weight excluding hydrogens is 222 g/mol. The van der Waals surface area contributed by atoms with Crippen molar-refractivity contribution in [2.24, 2.45) is 11.8 Å². The minimum atomic E-state index is 0.172. The van der Waals surface area contributed by atoms with E-state index in [4.69, 9.17) is 15.3 Å². The third-order valence-electron chi connectivity index (χ3n) is 2.18. The van der Waals surface area contributed by atoms with Crippen LogP contribution in [-0.4, -0.2) is 28.7 Å². The quantitative estimate of drug-likeness (QED) is 0.542. The van der Waals surface area contributed by atoms with Crippen molar-refractivity contribution in [3.63, 3.8) is 0 Å². The molecule has 0 radical (unpaired) electrons. The van der Waals surface area contributed by atoms with Crippen molar-refractivity contribution in [2.45, 2.75) is 26.7 Å². The summed E-state index contributed by atoms with van der Waals surface area (Å²) in [4.78, 5) is 11.8. The summed E-state index contributed by atoms with van der Waals surface area (Å²) >= 11 is 0. The maximum atomic E-state index is 5.47. The van der Waals surface area contributed by atoms with Gasteiger partial charge in [0.05, 0.1) is 13.7 Å². The highest BCUT2D eigenvalue weighted by atomic mass is 16.5.